The van der Waals surface area contributed by atoms with Crippen molar-refractivity contribution in [1.29, 1.82) is 0 Å². The van der Waals surface area contributed by atoms with Gasteiger partial charge in [-0.25, -0.2) is 0 Å². The monoisotopic (exact) mass is 196 g/mol. The van der Waals surface area contributed by atoms with Crippen molar-refractivity contribution in [2.24, 2.45) is 0 Å². The van der Waals surface area contributed by atoms with Crippen LogP contribution in [0.1, 0.15) is 5.82 Å². The fourth-order valence-electron chi connectivity index (χ4n) is 0.959. The molecule has 0 aromatic carbocycles. The Morgan fingerprint density at radius 2 is 2.46 bits per heavy atom. The summed E-state index contributed by atoms with van der Waals surface area (Å²) in [6.45, 7) is 0.0443. The molecule has 0 unspecified atom stereocenters. The van der Waals surface area contributed by atoms with E-state index in [0.717, 1.165) is 5.56 Å². The van der Waals surface area contributed by atoms with Crippen LogP contribution in [0.2, 0.25) is 0 Å². The lowest BCUT2D eigenvalue weighted by Gasteiger charge is -1.84. The van der Waals surface area contributed by atoms with E-state index in [9.17, 15) is 0 Å². The van der Waals surface area contributed by atoms with Crippen LogP contribution in [0.25, 0.3) is 11.5 Å². The minimum absolute atomic E-state index is 0.0443. The molecule has 0 radical (unpaired) electrons. The van der Waals surface area contributed by atoms with Gasteiger partial charge in [0.15, 0.2) is 5.82 Å². The Hall–Kier alpha value is -1.20. The fourth-order valence-corrected chi connectivity index (χ4v) is 1.59. The highest BCUT2D eigenvalue weighted by molar-refractivity contribution is 7.08. The van der Waals surface area contributed by atoms with Crippen molar-refractivity contribution in [3.05, 3.63) is 22.7 Å². The van der Waals surface area contributed by atoms with Gasteiger partial charge in [0.2, 0.25) is 0 Å². The highest BCUT2D eigenvalue weighted by Crippen LogP contribution is 2.19. The van der Waals surface area contributed by atoms with E-state index in [1.807, 2.05) is 16.8 Å². The molecule has 0 fully saturated rings. The van der Waals surface area contributed by atoms with E-state index in [-0.39, 0.29) is 6.61 Å². The first-order chi connectivity index (χ1) is 6.40. The Bertz CT molecular complexity index is 369. The number of aliphatic hydroxyl groups excluding tert-OH is 1. The van der Waals surface area contributed by atoms with Gasteiger partial charge in [0.1, 0.15) is 0 Å². The molecule has 0 saturated carbocycles. The van der Waals surface area contributed by atoms with Gasteiger partial charge >= 0.3 is 0 Å². The molecule has 13 heavy (non-hydrogen) atoms. The minimum Gasteiger partial charge on any atom is -0.396 e. The van der Waals surface area contributed by atoms with E-state index < -0.39 is 0 Å². The number of aromatic nitrogens is 2. The van der Waals surface area contributed by atoms with E-state index in [0.29, 0.717) is 18.1 Å². The van der Waals surface area contributed by atoms with Gasteiger partial charge in [-0.2, -0.15) is 16.3 Å². The lowest BCUT2D eigenvalue weighted by Crippen LogP contribution is -1.92. The second-order valence-electron chi connectivity index (χ2n) is 2.50. The van der Waals surface area contributed by atoms with Gasteiger partial charge in [0.25, 0.3) is 5.89 Å². The summed E-state index contributed by atoms with van der Waals surface area (Å²) in [4.78, 5) is 4.11. The maximum Gasteiger partial charge on any atom is 0.258 e. The van der Waals surface area contributed by atoms with Gasteiger partial charge in [0, 0.05) is 11.8 Å². The maximum absolute atomic E-state index is 8.64. The van der Waals surface area contributed by atoms with Crippen molar-refractivity contribution in [2.75, 3.05) is 6.61 Å². The predicted octanol–water partition coefficient (Wildman–Crippen LogP) is 1.33. The number of thiophene rings is 1. The van der Waals surface area contributed by atoms with E-state index >= 15 is 0 Å². The zero-order valence-corrected chi connectivity index (χ0v) is 7.62. The molecule has 2 rings (SSSR count). The van der Waals surface area contributed by atoms with Gasteiger partial charge in [0.05, 0.1) is 12.2 Å². The van der Waals surface area contributed by atoms with E-state index in [2.05, 4.69) is 10.1 Å². The Labute approximate surface area is 78.8 Å². The van der Waals surface area contributed by atoms with Crippen LogP contribution in [0.3, 0.4) is 0 Å². The number of nitrogens with zero attached hydrogens (tertiary/aromatic N) is 2. The molecule has 2 aromatic rings. The number of hydrogen-bond acceptors (Lipinski definition) is 5. The van der Waals surface area contributed by atoms with Crippen molar-refractivity contribution < 1.29 is 9.63 Å². The predicted molar refractivity (Wildman–Crippen MR) is 48.4 cm³/mol. The summed E-state index contributed by atoms with van der Waals surface area (Å²) >= 11 is 1.58. The molecule has 0 atom stereocenters. The SMILES string of the molecule is OCCc1noc(-c2ccsc2)n1. The Morgan fingerprint density at radius 3 is 3.15 bits per heavy atom. The number of hydrogen-bond donors (Lipinski definition) is 1. The minimum atomic E-state index is 0.0443. The van der Waals surface area contributed by atoms with Crippen LogP contribution < -0.4 is 0 Å². The van der Waals surface area contributed by atoms with E-state index in [4.69, 9.17) is 9.63 Å². The molecule has 0 bridgehead atoms. The molecule has 2 heterocycles. The first kappa shape index (κ1) is 8.40. The third kappa shape index (κ3) is 1.76. The van der Waals surface area contributed by atoms with Gasteiger partial charge in [-0.3, -0.25) is 0 Å². The van der Waals surface area contributed by atoms with Crippen molar-refractivity contribution in [3.8, 4) is 11.5 Å². The smallest absolute Gasteiger partial charge is 0.258 e. The molecule has 0 saturated heterocycles. The zero-order chi connectivity index (χ0) is 9.10. The molecule has 0 aliphatic rings. The zero-order valence-electron chi connectivity index (χ0n) is 6.80. The normalized spacial score (nSPS) is 10.5. The highest BCUT2D eigenvalue weighted by atomic mass is 32.1. The van der Waals surface area contributed by atoms with Crippen molar-refractivity contribution in [3.63, 3.8) is 0 Å². The lowest BCUT2D eigenvalue weighted by atomic mass is 10.3. The molecule has 5 heteroatoms. The third-order valence-corrected chi connectivity index (χ3v) is 2.25. The quantitative estimate of drug-likeness (QED) is 0.804. The summed E-state index contributed by atoms with van der Waals surface area (Å²) in [5.74, 6) is 1.06. The van der Waals surface area contributed by atoms with Crippen LogP contribution in [0.4, 0.5) is 0 Å². The summed E-state index contributed by atoms with van der Waals surface area (Å²) in [5.41, 5.74) is 0.932. The molecule has 0 spiro atoms. The molecule has 0 aliphatic carbocycles. The molecule has 4 nitrogen and oxygen atoms in total. The van der Waals surface area contributed by atoms with Crippen LogP contribution in [0.5, 0.6) is 0 Å². The second kappa shape index (κ2) is 3.68. The van der Waals surface area contributed by atoms with Crippen LogP contribution in [-0.2, 0) is 6.42 Å². The molecular weight excluding hydrogens is 188 g/mol. The molecule has 2 aromatic heterocycles. The third-order valence-electron chi connectivity index (χ3n) is 1.57. The maximum atomic E-state index is 8.64. The second-order valence-corrected chi connectivity index (χ2v) is 3.28. The van der Waals surface area contributed by atoms with Gasteiger partial charge in [-0.1, -0.05) is 5.16 Å². The summed E-state index contributed by atoms with van der Waals surface area (Å²) < 4.78 is 5.00. The topological polar surface area (TPSA) is 59.2 Å². The standard InChI is InChI=1S/C8H8N2O2S/c11-3-1-7-9-8(12-10-7)6-2-4-13-5-6/h2,4-5,11H,1,3H2. The molecule has 0 aliphatic heterocycles. The van der Waals surface area contributed by atoms with Gasteiger partial charge < -0.3 is 9.63 Å². The number of rotatable bonds is 3. The molecule has 0 amide bonds. The van der Waals surface area contributed by atoms with Crippen molar-refractivity contribution in [1.82, 2.24) is 10.1 Å². The fraction of sp³-hybridized carbons (Fsp3) is 0.250. The number of aliphatic hydroxyl groups is 1. The highest BCUT2D eigenvalue weighted by Gasteiger charge is 2.07. The first-order valence-corrected chi connectivity index (χ1v) is 4.80. The average Bonchev–Trinajstić information content (AvgIpc) is 2.70. The molecular formula is C8H8N2O2S. The largest absolute Gasteiger partial charge is 0.396 e. The van der Waals surface area contributed by atoms with E-state index in [1.165, 1.54) is 0 Å². The Kier molecular flexibility index (Phi) is 2.37. The molecule has 1 N–H and O–H groups in total. The van der Waals surface area contributed by atoms with Crippen LogP contribution in [0, 0.1) is 0 Å². The Morgan fingerprint density at radius 1 is 1.54 bits per heavy atom. The summed E-state index contributed by atoms with van der Waals surface area (Å²) in [5, 5.41) is 16.3. The Balaban J connectivity index is 2.23. The summed E-state index contributed by atoms with van der Waals surface area (Å²) in [6, 6.07) is 1.92. The summed E-state index contributed by atoms with van der Waals surface area (Å²) in [7, 11) is 0. The van der Waals surface area contributed by atoms with Crippen LogP contribution in [0.15, 0.2) is 21.3 Å². The first-order valence-electron chi connectivity index (χ1n) is 3.86. The van der Waals surface area contributed by atoms with Gasteiger partial charge in [-0.05, 0) is 11.4 Å². The van der Waals surface area contributed by atoms with E-state index in [1.54, 1.807) is 11.3 Å². The van der Waals surface area contributed by atoms with Crippen LogP contribution >= 0.6 is 11.3 Å². The molecule has 68 valence electrons. The van der Waals surface area contributed by atoms with Crippen molar-refractivity contribution in [2.45, 2.75) is 6.42 Å². The average molecular weight is 196 g/mol. The summed E-state index contributed by atoms with van der Waals surface area (Å²) in [6.07, 6.45) is 0.438. The van der Waals surface area contributed by atoms with Crippen LogP contribution in [-0.4, -0.2) is 21.9 Å². The van der Waals surface area contributed by atoms with Crippen molar-refractivity contribution >= 4 is 11.3 Å². The van der Waals surface area contributed by atoms with Gasteiger partial charge in [-0.15, -0.1) is 0 Å². The lowest BCUT2D eigenvalue weighted by molar-refractivity contribution is 0.293.